The number of aromatic nitrogens is 3. The Balaban J connectivity index is 2.34. The second kappa shape index (κ2) is 6.37. The van der Waals surface area contributed by atoms with Gasteiger partial charge in [0.25, 0.3) is 0 Å². The Morgan fingerprint density at radius 2 is 2.00 bits per heavy atom. The molecule has 2 aromatic heterocycles. The van der Waals surface area contributed by atoms with E-state index >= 15 is 0 Å². The van der Waals surface area contributed by atoms with Gasteiger partial charge in [0, 0.05) is 19.0 Å². The highest BCUT2D eigenvalue weighted by Crippen LogP contribution is 2.31. The summed E-state index contributed by atoms with van der Waals surface area (Å²) in [4.78, 5) is 9.42. The second-order valence-electron chi connectivity index (χ2n) is 6.49. The minimum absolute atomic E-state index is 0.402. The van der Waals surface area contributed by atoms with E-state index in [1.807, 2.05) is 38.2 Å². The maximum atomic E-state index is 10.4. The van der Waals surface area contributed by atoms with Crippen molar-refractivity contribution in [1.29, 1.82) is 0 Å². The molecule has 0 amide bonds. The fourth-order valence-corrected chi connectivity index (χ4v) is 2.92. The molecular formula is C18H24N4O2. The highest BCUT2D eigenvalue weighted by Gasteiger charge is 2.22. The molecule has 1 aromatic carbocycles. The first kappa shape index (κ1) is 16.7. The summed E-state index contributed by atoms with van der Waals surface area (Å²) in [6.07, 6.45) is 0. The zero-order chi connectivity index (χ0) is 17.3. The molecule has 0 atom stereocenters. The Morgan fingerprint density at radius 1 is 1.25 bits per heavy atom. The summed E-state index contributed by atoms with van der Waals surface area (Å²) in [6.45, 7) is 7.00. The first-order valence-corrected chi connectivity index (χ1v) is 8.20. The molecule has 6 nitrogen and oxygen atoms in total. The summed E-state index contributed by atoms with van der Waals surface area (Å²) in [6, 6.07) is 7.99. The van der Waals surface area contributed by atoms with Crippen molar-refractivity contribution in [2.75, 3.05) is 19.0 Å². The topological polar surface area (TPSA) is 72.2 Å². The number of para-hydroxylation sites is 1. The molecule has 0 aliphatic carbocycles. The van der Waals surface area contributed by atoms with E-state index in [1.165, 1.54) is 0 Å². The van der Waals surface area contributed by atoms with E-state index in [4.69, 9.17) is 9.72 Å². The van der Waals surface area contributed by atoms with Gasteiger partial charge in [0.15, 0.2) is 5.82 Å². The minimum Gasteiger partial charge on any atom is -0.389 e. The Bertz CT molecular complexity index is 865. The van der Waals surface area contributed by atoms with Crippen LogP contribution in [0.3, 0.4) is 0 Å². The van der Waals surface area contributed by atoms with E-state index in [0.717, 1.165) is 33.6 Å². The van der Waals surface area contributed by atoms with Crippen LogP contribution in [0.2, 0.25) is 0 Å². The molecule has 128 valence electrons. The van der Waals surface area contributed by atoms with Crippen LogP contribution < -0.4 is 5.32 Å². The molecule has 0 radical (unpaired) electrons. The van der Waals surface area contributed by atoms with Gasteiger partial charge in [0.2, 0.25) is 0 Å². The van der Waals surface area contributed by atoms with E-state index < -0.39 is 5.60 Å². The van der Waals surface area contributed by atoms with E-state index in [-0.39, 0.29) is 0 Å². The molecule has 2 N–H and O–H groups in total. The van der Waals surface area contributed by atoms with Crippen LogP contribution in [0.25, 0.3) is 21.9 Å². The van der Waals surface area contributed by atoms with Crippen LogP contribution in [0.4, 0.5) is 5.82 Å². The zero-order valence-corrected chi connectivity index (χ0v) is 14.6. The van der Waals surface area contributed by atoms with Gasteiger partial charge in [-0.3, -0.25) is 0 Å². The fourth-order valence-electron chi connectivity index (χ4n) is 2.92. The first-order chi connectivity index (χ1) is 11.4. The number of fused-ring (bicyclic) bond motifs is 3. The molecule has 0 spiro atoms. The maximum Gasteiger partial charge on any atom is 0.154 e. The summed E-state index contributed by atoms with van der Waals surface area (Å²) in [5, 5.41) is 14.5. The van der Waals surface area contributed by atoms with E-state index in [2.05, 4.69) is 14.9 Å². The number of aliphatic hydroxyl groups is 1. The van der Waals surface area contributed by atoms with Crippen molar-refractivity contribution in [1.82, 2.24) is 14.5 Å². The Hall–Kier alpha value is -2.18. The number of anilines is 1. The maximum absolute atomic E-state index is 10.4. The van der Waals surface area contributed by atoms with Gasteiger partial charge in [0.1, 0.15) is 17.9 Å². The molecule has 0 unspecified atom stereocenters. The number of nitrogens with zero attached hydrogens (tertiary/aromatic N) is 3. The van der Waals surface area contributed by atoms with Crippen LogP contribution in [0.5, 0.6) is 0 Å². The van der Waals surface area contributed by atoms with Crippen molar-refractivity contribution in [2.45, 2.75) is 39.5 Å². The molecular weight excluding hydrogens is 304 g/mol. The first-order valence-electron chi connectivity index (χ1n) is 8.20. The van der Waals surface area contributed by atoms with Crippen molar-refractivity contribution >= 4 is 27.8 Å². The number of benzene rings is 1. The van der Waals surface area contributed by atoms with Crippen molar-refractivity contribution < 1.29 is 9.84 Å². The van der Waals surface area contributed by atoms with Crippen molar-refractivity contribution in [2.24, 2.45) is 0 Å². The third kappa shape index (κ3) is 3.07. The average Bonchev–Trinajstić information content (AvgIpc) is 2.89. The van der Waals surface area contributed by atoms with Crippen LogP contribution in [0, 0.1) is 0 Å². The van der Waals surface area contributed by atoms with Crippen molar-refractivity contribution in [3.63, 3.8) is 0 Å². The van der Waals surface area contributed by atoms with E-state index in [1.54, 1.807) is 13.8 Å². The van der Waals surface area contributed by atoms with Gasteiger partial charge < -0.3 is 19.7 Å². The molecule has 0 saturated heterocycles. The number of rotatable bonds is 6. The number of pyridine rings is 1. The van der Waals surface area contributed by atoms with Gasteiger partial charge >= 0.3 is 0 Å². The number of imidazole rings is 1. The van der Waals surface area contributed by atoms with Gasteiger partial charge in [-0.05, 0) is 26.8 Å². The van der Waals surface area contributed by atoms with E-state index in [0.29, 0.717) is 19.8 Å². The third-order valence-corrected chi connectivity index (χ3v) is 3.88. The van der Waals surface area contributed by atoms with Crippen LogP contribution in [0.15, 0.2) is 24.3 Å². The van der Waals surface area contributed by atoms with Crippen LogP contribution >= 0.6 is 0 Å². The molecule has 0 aliphatic heterocycles. The molecule has 0 aliphatic rings. The molecule has 0 fully saturated rings. The second-order valence-corrected chi connectivity index (χ2v) is 6.49. The minimum atomic E-state index is -0.862. The summed E-state index contributed by atoms with van der Waals surface area (Å²) in [5.74, 6) is 1.53. The lowest BCUT2D eigenvalue weighted by molar-refractivity contribution is 0.0582. The highest BCUT2D eigenvalue weighted by atomic mass is 16.5. The van der Waals surface area contributed by atoms with Gasteiger partial charge in [-0.1, -0.05) is 18.2 Å². The summed E-state index contributed by atoms with van der Waals surface area (Å²) in [7, 11) is 1.84. The number of ether oxygens (including phenoxy) is 1. The van der Waals surface area contributed by atoms with Gasteiger partial charge in [-0.15, -0.1) is 0 Å². The van der Waals surface area contributed by atoms with Crippen molar-refractivity contribution in [3.05, 3.63) is 30.1 Å². The number of hydrogen-bond donors (Lipinski definition) is 2. The lowest BCUT2D eigenvalue weighted by Crippen LogP contribution is -2.27. The summed E-state index contributed by atoms with van der Waals surface area (Å²) in [5.41, 5.74) is 1.81. The molecule has 3 rings (SSSR count). The van der Waals surface area contributed by atoms with Crippen LogP contribution in [-0.2, 0) is 17.9 Å². The lowest BCUT2D eigenvalue weighted by Gasteiger charge is -2.20. The SMILES string of the molecule is CCOCc1nc2c(NC)nc3ccccc3c2n1CC(C)(C)O. The fraction of sp³-hybridized carbons (Fsp3) is 0.444. The monoisotopic (exact) mass is 328 g/mol. The Morgan fingerprint density at radius 3 is 2.67 bits per heavy atom. The van der Waals surface area contributed by atoms with Crippen LogP contribution in [0.1, 0.15) is 26.6 Å². The number of nitrogens with one attached hydrogen (secondary N) is 1. The smallest absolute Gasteiger partial charge is 0.154 e. The molecule has 3 aromatic rings. The predicted octanol–water partition coefficient (Wildman–Crippen LogP) is 2.93. The van der Waals surface area contributed by atoms with Gasteiger partial charge in [0.05, 0.1) is 23.2 Å². The van der Waals surface area contributed by atoms with Gasteiger partial charge in [-0.2, -0.15) is 0 Å². The molecule has 6 heteroatoms. The van der Waals surface area contributed by atoms with Crippen LogP contribution in [-0.4, -0.2) is 38.9 Å². The average molecular weight is 328 g/mol. The molecule has 0 bridgehead atoms. The van der Waals surface area contributed by atoms with Crippen molar-refractivity contribution in [3.8, 4) is 0 Å². The highest BCUT2D eigenvalue weighted by molar-refractivity contribution is 6.07. The number of hydrogen-bond acceptors (Lipinski definition) is 5. The normalized spacial score (nSPS) is 12.2. The largest absolute Gasteiger partial charge is 0.389 e. The summed E-state index contributed by atoms with van der Waals surface area (Å²) >= 11 is 0. The molecule has 0 saturated carbocycles. The van der Waals surface area contributed by atoms with E-state index in [9.17, 15) is 5.11 Å². The third-order valence-electron chi connectivity index (χ3n) is 3.88. The molecule has 24 heavy (non-hydrogen) atoms. The Labute approximate surface area is 141 Å². The quantitative estimate of drug-likeness (QED) is 0.728. The summed E-state index contributed by atoms with van der Waals surface area (Å²) < 4.78 is 7.64. The van der Waals surface area contributed by atoms with Gasteiger partial charge in [-0.25, -0.2) is 9.97 Å². The predicted molar refractivity (Wildman–Crippen MR) is 96.2 cm³/mol. The standard InChI is InChI=1S/C18H24N4O2/c1-5-24-10-14-21-15-16(22(14)11-18(2,3)23)12-8-6-7-9-13(12)20-17(15)19-4/h6-9,23H,5,10-11H2,1-4H3,(H,19,20). The molecule has 2 heterocycles. The lowest BCUT2D eigenvalue weighted by atomic mass is 10.1. The Kier molecular flexibility index (Phi) is 4.43. The zero-order valence-electron chi connectivity index (χ0n) is 14.6.